The lowest BCUT2D eigenvalue weighted by molar-refractivity contribution is 0.157. The van der Waals surface area contributed by atoms with E-state index in [1.54, 1.807) is 35.8 Å². The zero-order chi connectivity index (χ0) is 16.6. The summed E-state index contributed by atoms with van der Waals surface area (Å²) in [7, 11) is -4.34. The van der Waals surface area contributed by atoms with Crippen molar-refractivity contribution >= 4 is 21.0 Å². The SMILES string of the molecule is Cc1c(S(=O)(=O)O)c2ccccc2n1CC(O)c1ccccc1. The standard InChI is InChI=1S/C17H17NO4S/c1-12-17(23(20,21)22)14-9-5-6-10-15(14)18(12)11-16(19)13-7-3-2-4-8-13/h2-10,16,19H,11H2,1H3,(H,20,21,22). The number of aromatic nitrogens is 1. The maximum atomic E-state index is 11.7. The molecule has 0 aliphatic heterocycles. The molecule has 2 N–H and O–H groups in total. The Hall–Kier alpha value is -2.15. The smallest absolute Gasteiger partial charge is 0.296 e. The molecule has 0 saturated carbocycles. The highest BCUT2D eigenvalue weighted by Crippen LogP contribution is 2.31. The summed E-state index contributed by atoms with van der Waals surface area (Å²) in [6.45, 7) is 1.83. The molecule has 120 valence electrons. The van der Waals surface area contributed by atoms with Crippen LogP contribution in [0.2, 0.25) is 0 Å². The molecule has 0 aliphatic rings. The number of fused-ring (bicyclic) bond motifs is 1. The Labute approximate surface area is 134 Å². The molecule has 0 amide bonds. The van der Waals surface area contributed by atoms with Gasteiger partial charge in [-0.15, -0.1) is 0 Å². The fourth-order valence-electron chi connectivity index (χ4n) is 2.91. The van der Waals surface area contributed by atoms with Gasteiger partial charge in [0.25, 0.3) is 10.1 Å². The molecule has 0 aliphatic carbocycles. The molecular weight excluding hydrogens is 314 g/mol. The van der Waals surface area contributed by atoms with Crippen LogP contribution in [0.3, 0.4) is 0 Å². The Kier molecular flexibility index (Phi) is 3.97. The summed E-state index contributed by atoms with van der Waals surface area (Å²) in [5.74, 6) is 0. The monoisotopic (exact) mass is 331 g/mol. The van der Waals surface area contributed by atoms with Crippen molar-refractivity contribution in [3.63, 3.8) is 0 Å². The first-order valence-electron chi connectivity index (χ1n) is 7.18. The van der Waals surface area contributed by atoms with Gasteiger partial charge in [-0.05, 0) is 18.6 Å². The van der Waals surface area contributed by atoms with Crippen molar-refractivity contribution in [2.24, 2.45) is 0 Å². The summed E-state index contributed by atoms with van der Waals surface area (Å²) in [6, 6.07) is 16.1. The van der Waals surface area contributed by atoms with E-state index >= 15 is 0 Å². The number of benzene rings is 2. The molecule has 5 nitrogen and oxygen atoms in total. The van der Waals surface area contributed by atoms with Crippen molar-refractivity contribution in [2.45, 2.75) is 24.5 Å². The highest BCUT2D eigenvalue weighted by molar-refractivity contribution is 7.86. The van der Waals surface area contributed by atoms with Gasteiger partial charge in [0.2, 0.25) is 0 Å². The minimum atomic E-state index is -4.34. The van der Waals surface area contributed by atoms with Crippen molar-refractivity contribution in [3.05, 3.63) is 65.9 Å². The van der Waals surface area contributed by atoms with E-state index in [0.717, 1.165) is 5.56 Å². The van der Waals surface area contributed by atoms with Crippen LogP contribution < -0.4 is 0 Å². The van der Waals surface area contributed by atoms with E-state index in [1.165, 1.54) is 0 Å². The van der Waals surface area contributed by atoms with E-state index in [1.807, 2.05) is 30.3 Å². The van der Waals surface area contributed by atoms with Crippen molar-refractivity contribution in [2.75, 3.05) is 0 Å². The first-order valence-corrected chi connectivity index (χ1v) is 8.62. The van der Waals surface area contributed by atoms with Gasteiger partial charge >= 0.3 is 0 Å². The Morgan fingerprint density at radius 2 is 1.65 bits per heavy atom. The summed E-state index contributed by atoms with van der Waals surface area (Å²) in [6.07, 6.45) is -0.778. The van der Waals surface area contributed by atoms with Crippen molar-refractivity contribution in [1.82, 2.24) is 4.57 Å². The summed E-state index contributed by atoms with van der Waals surface area (Å²) in [4.78, 5) is -0.103. The molecule has 0 saturated heterocycles. The third-order valence-electron chi connectivity index (χ3n) is 3.97. The van der Waals surface area contributed by atoms with E-state index in [2.05, 4.69) is 0 Å². The van der Waals surface area contributed by atoms with Gasteiger partial charge in [-0.1, -0.05) is 48.5 Å². The Morgan fingerprint density at radius 3 is 2.30 bits per heavy atom. The lowest BCUT2D eigenvalue weighted by Gasteiger charge is -2.15. The fraction of sp³-hybridized carbons (Fsp3) is 0.176. The second kappa shape index (κ2) is 5.81. The molecule has 1 heterocycles. The maximum Gasteiger partial charge on any atom is 0.296 e. The Balaban J connectivity index is 2.13. The average Bonchev–Trinajstić information content (AvgIpc) is 2.80. The molecule has 0 radical (unpaired) electrons. The maximum absolute atomic E-state index is 11.7. The van der Waals surface area contributed by atoms with Crippen LogP contribution in [-0.4, -0.2) is 22.6 Å². The van der Waals surface area contributed by atoms with Crippen molar-refractivity contribution in [3.8, 4) is 0 Å². The number of para-hydroxylation sites is 1. The molecule has 1 aromatic heterocycles. The number of hydrogen-bond acceptors (Lipinski definition) is 3. The van der Waals surface area contributed by atoms with Gasteiger partial charge in [-0.3, -0.25) is 4.55 Å². The molecule has 23 heavy (non-hydrogen) atoms. The molecule has 2 aromatic carbocycles. The number of aliphatic hydroxyl groups excluding tert-OH is 1. The van der Waals surface area contributed by atoms with E-state index in [-0.39, 0.29) is 11.4 Å². The van der Waals surface area contributed by atoms with Crippen LogP contribution in [0.15, 0.2) is 59.5 Å². The molecule has 1 atom stereocenters. The normalized spacial score (nSPS) is 13.3. The van der Waals surface area contributed by atoms with Crippen LogP contribution in [0, 0.1) is 6.92 Å². The molecule has 3 rings (SSSR count). The van der Waals surface area contributed by atoms with Gasteiger partial charge < -0.3 is 9.67 Å². The van der Waals surface area contributed by atoms with Gasteiger partial charge in [0.1, 0.15) is 4.90 Å². The highest BCUT2D eigenvalue weighted by atomic mass is 32.2. The first kappa shape index (κ1) is 15.7. The average molecular weight is 331 g/mol. The van der Waals surface area contributed by atoms with Gasteiger partial charge in [0.05, 0.1) is 12.6 Å². The van der Waals surface area contributed by atoms with Crippen LogP contribution in [0.25, 0.3) is 10.9 Å². The van der Waals surface area contributed by atoms with Gasteiger partial charge in [-0.2, -0.15) is 8.42 Å². The number of aliphatic hydroxyl groups is 1. The molecule has 3 aromatic rings. The van der Waals surface area contributed by atoms with Crippen LogP contribution in [-0.2, 0) is 16.7 Å². The van der Waals surface area contributed by atoms with Crippen molar-refractivity contribution in [1.29, 1.82) is 0 Å². The lowest BCUT2D eigenvalue weighted by atomic mass is 10.1. The number of nitrogens with zero attached hydrogens (tertiary/aromatic N) is 1. The summed E-state index contributed by atoms with van der Waals surface area (Å²) in [5, 5.41) is 10.9. The number of hydrogen-bond donors (Lipinski definition) is 2. The first-order chi connectivity index (χ1) is 10.9. The van der Waals surface area contributed by atoms with Crippen molar-refractivity contribution < 1.29 is 18.1 Å². The Morgan fingerprint density at radius 1 is 1.04 bits per heavy atom. The lowest BCUT2D eigenvalue weighted by Crippen LogP contribution is -2.10. The predicted octanol–water partition coefficient (Wildman–Crippen LogP) is 2.93. The van der Waals surface area contributed by atoms with Gasteiger partial charge in [0.15, 0.2) is 0 Å². The molecule has 0 spiro atoms. The molecule has 1 unspecified atom stereocenters. The summed E-state index contributed by atoms with van der Waals surface area (Å²) < 4.78 is 34.7. The highest BCUT2D eigenvalue weighted by Gasteiger charge is 2.24. The van der Waals surface area contributed by atoms with Gasteiger partial charge in [0, 0.05) is 16.6 Å². The summed E-state index contributed by atoms with van der Waals surface area (Å²) >= 11 is 0. The zero-order valence-corrected chi connectivity index (χ0v) is 13.4. The van der Waals surface area contributed by atoms with Crippen LogP contribution >= 0.6 is 0 Å². The van der Waals surface area contributed by atoms with E-state index in [4.69, 9.17) is 0 Å². The summed E-state index contributed by atoms with van der Waals surface area (Å²) in [5.41, 5.74) is 1.81. The van der Waals surface area contributed by atoms with Crippen LogP contribution in [0.5, 0.6) is 0 Å². The quantitative estimate of drug-likeness (QED) is 0.720. The second-order valence-corrected chi connectivity index (χ2v) is 6.80. The molecule has 0 bridgehead atoms. The molecular formula is C17H17NO4S. The van der Waals surface area contributed by atoms with Crippen LogP contribution in [0.1, 0.15) is 17.4 Å². The van der Waals surface area contributed by atoms with E-state index in [9.17, 15) is 18.1 Å². The minimum absolute atomic E-state index is 0.103. The van der Waals surface area contributed by atoms with E-state index in [0.29, 0.717) is 16.6 Å². The number of rotatable bonds is 4. The van der Waals surface area contributed by atoms with Gasteiger partial charge in [-0.25, -0.2) is 0 Å². The third-order valence-corrected chi connectivity index (χ3v) is 5.00. The van der Waals surface area contributed by atoms with Crippen LogP contribution in [0.4, 0.5) is 0 Å². The largest absolute Gasteiger partial charge is 0.387 e. The zero-order valence-electron chi connectivity index (χ0n) is 12.5. The topological polar surface area (TPSA) is 79.5 Å². The molecule has 6 heteroatoms. The third kappa shape index (κ3) is 2.88. The minimum Gasteiger partial charge on any atom is -0.387 e. The fourth-order valence-corrected chi connectivity index (χ4v) is 3.85. The Bertz CT molecular complexity index is 945. The molecule has 0 fully saturated rings. The van der Waals surface area contributed by atoms with E-state index < -0.39 is 16.2 Å². The second-order valence-electron chi connectivity index (χ2n) is 5.44. The predicted molar refractivity (Wildman–Crippen MR) is 87.9 cm³/mol.